The molecule has 0 spiro atoms. The standard InChI is InChI=1S/C22H34ClNO6Si/c1-9-28-19(26)22(24-15(3)25,20(27)29-10-2)14-16-13-17(11-12-18(16)23)30-31(7,8)21(4,5)6/h11-13H,9-10,14H2,1-8H3,(H,24,25). The Morgan fingerprint density at radius 2 is 1.55 bits per heavy atom. The van der Waals surface area contributed by atoms with E-state index in [1.807, 2.05) is 0 Å². The van der Waals surface area contributed by atoms with Crippen molar-refractivity contribution >= 4 is 37.8 Å². The van der Waals surface area contributed by atoms with Gasteiger partial charge >= 0.3 is 11.9 Å². The number of nitrogens with one attached hydrogen (secondary N) is 1. The normalized spacial score (nSPS) is 12.2. The van der Waals surface area contributed by atoms with Crippen LogP contribution in [0.15, 0.2) is 18.2 Å². The van der Waals surface area contributed by atoms with Gasteiger partial charge in [-0.3, -0.25) is 4.79 Å². The molecule has 0 bridgehead atoms. The van der Waals surface area contributed by atoms with Crippen LogP contribution in [0.3, 0.4) is 0 Å². The van der Waals surface area contributed by atoms with Gasteiger partial charge in [-0.2, -0.15) is 0 Å². The summed E-state index contributed by atoms with van der Waals surface area (Å²) in [5.74, 6) is -1.81. The maximum absolute atomic E-state index is 12.9. The SMILES string of the molecule is CCOC(=O)C(Cc1cc(O[Si](C)(C)C(C)(C)C)ccc1Cl)(NC(C)=O)C(=O)OCC. The molecule has 7 nitrogen and oxygen atoms in total. The lowest BCUT2D eigenvalue weighted by Gasteiger charge is -2.36. The first kappa shape index (κ1) is 27.0. The third-order valence-corrected chi connectivity index (χ3v) is 10.0. The Morgan fingerprint density at radius 3 is 1.97 bits per heavy atom. The third kappa shape index (κ3) is 6.71. The number of esters is 2. The number of benzene rings is 1. The van der Waals surface area contributed by atoms with Gasteiger partial charge in [0.25, 0.3) is 0 Å². The fourth-order valence-electron chi connectivity index (χ4n) is 2.67. The van der Waals surface area contributed by atoms with E-state index in [-0.39, 0.29) is 24.7 Å². The van der Waals surface area contributed by atoms with Crippen molar-refractivity contribution in [1.29, 1.82) is 0 Å². The zero-order valence-electron chi connectivity index (χ0n) is 19.7. The van der Waals surface area contributed by atoms with Crippen molar-refractivity contribution in [2.45, 2.75) is 71.6 Å². The highest BCUT2D eigenvalue weighted by molar-refractivity contribution is 6.74. The summed E-state index contributed by atoms with van der Waals surface area (Å²) in [6.07, 6.45) is -0.238. The van der Waals surface area contributed by atoms with E-state index in [0.29, 0.717) is 16.3 Å². The number of carbonyl (C=O) groups excluding carboxylic acids is 3. The molecule has 174 valence electrons. The second-order valence-corrected chi connectivity index (χ2v) is 14.0. The van der Waals surface area contributed by atoms with E-state index in [9.17, 15) is 14.4 Å². The van der Waals surface area contributed by atoms with Crippen molar-refractivity contribution in [2.75, 3.05) is 13.2 Å². The lowest BCUT2D eigenvalue weighted by molar-refractivity contribution is -0.168. The molecule has 0 unspecified atom stereocenters. The van der Waals surface area contributed by atoms with Gasteiger partial charge in [0.2, 0.25) is 19.8 Å². The summed E-state index contributed by atoms with van der Waals surface area (Å²) >= 11 is 6.40. The Hall–Kier alpha value is -2.06. The van der Waals surface area contributed by atoms with Crippen LogP contribution in [0, 0.1) is 0 Å². The predicted molar refractivity (Wildman–Crippen MR) is 123 cm³/mol. The van der Waals surface area contributed by atoms with Crippen molar-refractivity contribution in [1.82, 2.24) is 5.32 Å². The molecule has 31 heavy (non-hydrogen) atoms. The van der Waals surface area contributed by atoms with Gasteiger partial charge < -0.3 is 19.2 Å². The molecule has 1 amide bonds. The summed E-state index contributed by atoms with van der Waals surface area (Å²) in [6.45, 7) is 15.1. The van der Waals surface area contributed by atoms with Crippen LogP contribution in [0.4, 0.5) is 0 Å². The van der Waals surface area contributed by atoms with Crippen LogP contribution in [0.1, 0.15) is 47.1 Å². The maximum atomic E-state index is 12.9. The fourth-order valence-corrected chi connectivity index (χ4v) is 3.87. The summed E-state index contributed by atoms with van der Waals surface area (Å²) in [6, 6.07) is 5.09. The molecule has 1 N–H and O–H groups in total. The molecule has 1 aromatic rings. The van der Waals surface area contributed by atoms with Gasteiger partial charge in [-0.1, -0.05) is 32.4 Å². The highest BCUT2D eigenvalue weighted by Crippen LogP contribution is 2.38. The minimum Gasteiger partial charge on any atom is -0.543 e. The highest BCUT2D eigenvalue weighted by atomic mass is 35.5. The van der Waals surface area contributed by atoms with Crippen LogP contribution in [0.25, 0.3) is 0 Å². The zero-order valence-corrected chi connectivity index (χ0v) is 21.4. The number of halogens is 1. The minimum atomic E-state index is -2.14. The molecule has 0 heterocycles. The Balaban J connectivity index is 3.49. The largest absolute Gasteiger partial charge is 0.543 e. The fraction of sp³-hybridized carbons (Fsp3) is 0.591. The number of rotatable bonds is 9. The summed E-state index contributed by atoms with van der Waals surface area (Å²) < 4.78 is 16.6. The van der Waals surface area contributed by atoms with Crippen LogP contribution in [0.5, 0.6) is 5.75 Å². The average molecular weight is 472 g/mol. The van der Waals surface area contributed by atoms with Gasteiger partial charge in [0, 0.05) is 18.4 Å². The molecule has 9 heteroatoms. The number of ether oxygens (including phenoxy) is 2. The lowest BCUT2D eigenvalue weighted by Crippen LogP contribution is -2.62. The Kier molecular flexibility index (Phi) is 9.14. The highest BCUT2D eigenvalue weighted by Gasteiger charge is 2.50. The average Bonchev–Trinajstić information content (AvgIpc) is 2.62. The second-order valence-electron chi connectivity index (χ2n) is 8.82. The van der Waals surface area contributed by atoms with Crippen LogP contribution in [0.2, 0.25) is 23.2 Å². The van der Waals surface area contributed by atoms with Gasteiger partial charge in [-0.05, 0) is 55.7 Å². The Labute approximate surface area is 190 Å². The molecule has 0 aromatic heterocycles. The Morgan fingerprint density at radius 1 is 1.03 bits per heavy atom. The molecule has 0 fully saturated rings. The molecule has 0 saturated heterocycles. The van der Waals surface area contributed by atoms with Crippen molar-refractivity contribution in [2.24, 2.45) is 0 Å². The molecule has 0 atom stereocenters. The number of hydrogen-bond acceptors (Lipinski definition) is 6. The molecule has 0 aliphatic heterocycles. The molecule has 0 radical (unpaired) electrons. The van der Waals surface area contributed by atoms with Gasteiger partial charge in [-0.25, -0.2) is 9.59 Å². The van der Waals surface area contributed by atoms with Gasteiger partial charge in [0.05, 0.1) is 13.2 Å². The summed E-state index contributed by atoms with van der Waals surface area (Å²) in [7, 11) is -2.14. The van der Waals surface area contributed by atoms with E-state index in [1.165, 1.54) is 6.92 Å². The molecule has 0 aliphatic rings. The van der Waals surface area contributed by atoms with E-state index in [4.69, 9.17) is 25.5 Å². The molecular formula is C22H34ClNO6Si. The van der Waals surface area contributed by atoms with Crippen molar-refractivity contribution < 1.29 is 28.3 Å². The number of carbonyl (C=O) groups is 3. The zero-order chi connectivity index (χ0) is 24.0. The van der Waals surface area contributed by atoms with Crippen molar-refractivity contribution in [3.05, 3.63) is 28.8 Å². The van der Waals surface area contributed by atoms with Crippen LogP contribution >= 0.6 is 11.6 Å². The van der Waals surface area contributed by atoms with Gasteiger partial charge in [-0.15, -0.1) is 0 Å². The van der Waals surface area contributed by atoms with Crippen LogP contribution in [-0.4, -0.2) is 44.9 Å². The molecule has 1 rings (SSSR count). The van der Waals surface area contributed by atoms with Crippen molar-refractivity contribution in [3.63, 3.8) is 0 Å². The summed E-state index contributed by atoms with van der Waals surface area (Å²) in [5, 5.41) is 2.75. The second kappa shape index (κ2) is 10.5. The third-order valence-electron chi connectivity index (χ3n) is 5.29. The van der Waals surface area contributed by atoms with Crippen molar-refractivity contribution in [3.8, 4) is 5.75 Å². The first-order valence-corrected chi connectivity index (χ1v) is 13.6. The minimum absolute atomic E-state index is 0.0252. The van der Waals surface area contributed by atoms with Crippen LogP contribution < -0.4 is 9.74 Å². The van der Waals surface area contributed by atoms with E-state index in [2.05, 4.69) is 39.2 Å². The molecule has 1 aromatic carbocycles. The van der Waals surface area contributed by atoms with E-state index < -0.39 is 31.7 Å². The monoisotopic (exact) mass is 471 g/mol. The molecule has 0 aliphatic carbocycles. The first-order valence-electron chi connectivity index (χ1n) is 10.3. The molecular weight excluding hydrogens is 438 g/mol. The van der Waals surface area contributed by atoms with E-state index >= 15 is 0 Å². The van der Waals surface area contributed by atoms with Gasteiger partial charge in [0.1, 0.15) is 5.75 Å². The molecule has 0 saturated carbocycles. The van der Waals surface area contributed by atoms with E-state index in [0.717, 1.165) is 0 Å². The van der Waals surface area contributed by atoms with E-state index in [1.54, 1.807) is 32.0 Å². The topological polar surface area (TPSA) is 90.9 Å². The van der Waals surface area contributed by atoms with Gasteiger partial charge in [0.15, 0.2) is 0 Å². The smallest absolute Gasteiger partial charge is 0.344 e. The summed E-state index contributed by atoms with van der Waals surface area (Å²) in [5.41, 5.74) is -1.61. The lowest BCUT2D eigenvalue weighted by atomic mass is 9.90. The number of hydrogen-bond donors (Lipinski definition) is 1. The quantitative estimate of drug-likeness (QED) is 0.328. The van der Waals surface area contributed by atoms with Crippen LogP contribution in [-0.2, 0) is 30.3 Å². The maximum Gasteiger partial charge on any atom is 0.344 e. The first-order chi connectivity index (χ1) is 14.2. The Bertz CT molecular complexity index is 801. The number of amides is 1. The summed E-state index contributed by atoms with van der Waals surface area (Å²) in [4.78, 5) is 37.7. The predicted octanol–water partition coefficient (Wildman–Crippen LogP) is 4.27.